The summed E-state index contributed by atoms with van der Waals surface area (Å²) >= 11 is 0. The number of hydrogen-bond donors (Lipinski definition) is 2. The van der Waals surface area contributed by atoms with Gasteiger partial charge in [0.15, 0.2) is 0 Å². The number of nitrogens with zero attached hydrogens (tertiary/aromatic N) is 1. The molecule has 1 heterocycles. The normalized spacial score (nSPS) is 22.6. The van der Waals surface area contributed by atoms with Gasteiger partial charge in [-0.3, -0.25) is 19.2 Å². The second-order valence-corrected chi connectivity index (χ2v) is 8.45. The largest absolute Gasteiger partial charge is 0.355 e. The van der Waals surface area contributed by atoms with Crippen LogP contribution >= 0.6 is 0 Å². The molecule has 2 N–H and O–H groups in total. The zero-order chi connectivity index (χ0) is 17.6. The highest BCUT2D eigenvalue weighted by atomic mass is 32.2. The Balaban J connectivity index is 1.73. The van der Waals surface area contributed by atoms with E-state index in [4.69, 9.17) is 0 Å². The van der Waals surface area contributed by atoms with Crippen LogP contribution in [-0.2, 0) is 19.6 Å². The lowest BCUT2D eigenvalue weighted by Crippen LogP contribution is -2.48. The topological polar surface area (TPSA) is 95.6 Å². The number of halogens is 1. The molecule has 1 atom stereocenters. The summed E-state index contributed by atoms with van der Waals surface area (Å²) < 4.78 is 39.0. The van der Waals surface area contributed by atoms with E-state index in [-0.39, 0.29) is 37.9 Å². The molecule has 138 valence electrons. The zero-order valence-corrected chi connectivity index (χ0v) is 14.6. The van der Waals surface area contributed by atoms with Gasteiger partial charge in [0, 0.05) is 32.0 Å². The summed E-state index contributed by atoms with van der Waals surface area (Å²) in [6.07, 6.45) is 3.87. The number of nitrogens with one attached hydrogen (secondary N) is 2. The molecule has 7 nitrogen and oxygen atoms in total. The van der Waals surface area contributed by atoms with E-state index in [9.17, 15) is 22.4 Å². The summed E-state index contributed by atoms with van der Waals surface area (Å²) in [4.78, 5) is 25.2. The van der Waals surface area contributed by atoms with Gasteiger partial charge in [-0.1, -0.05) is 6.42 Å². The molecule has 2 fully saturated rings. The van der Waals surface area contributed by atoms with Gasteiger partial charge in [-0.15, -0.1) is 0 Å². The Bertz CT molecular complexity index is 549. The zero-order valence-electron chi connectivity index (χ0n) is 13.8. The maximum Gasteiger partial charge on any atom is 0.239 e. The first-order valence-electron chi connectivity index (χ1n) is 8.53. The van der Waals surface area contributed by atoms with E-state index in [0.29, 0.717) is 19.4 Å². The second kappa shape index (κ2) is 8.75. The molecule has 1 saturated carbocycles. The molecule has 2 rings (SSSR count). The summed E-state index contributed by atoms with van der Waals surface area (Å²) in [6, 6.07) is 0. The summed E-state index contributed by atoms with van der Waals surface area (Å²) in [6.45, 7) is 0.754. The molecule has 2 amide bonds. The molecule has 0 aromatic heterocycles. The van der Waals surface area contributed by atoms with Crippen molar-refractivity contribution in [1.82, 2.24) is 14.9 Å². The Morgan fingerprint density at radius 2 is 1.92 bits per heavy atom. The standard InChI is InChI=1S/C15H26FN3O4S/c16-7-10-19-9-2-5-13(11-19)24(22,23)18-14(20)6-8-17-15(21)12-3-1-4-12/h12-13H,1-11H2,(H,17,21)(H,18,20). The highest BCUT2D eigenvalue weighted by Gasteiger charge is 2.32. The van der Waals surface area contributed by atoms with E-state index >= 15 is 0 Å². The minimum absolute atomic E-state index is 0.0421. The number of carbonyl (C=O) groups is 2. The number of amides is 2. The van der Waals surface area contributed by atoms with Crippen LogP contribution in [-0.4, -0.2) is 63.2 Å². The van der Waals surface area contributed by atoms with Gasteiger partial charge in [-0.25, -0.2) is 12.8 Å². The van der Waals surface area contributed by atoms with Crippen molar-refractivity contribution < 1.29 is 22.4 Å². The van der Waals surface area contributed by atoms with Gasteiger partial charge in [-0.05, 0) is 32.2 Å². The molecule has 1 aliphatic heterocycles. The van der Waals surface area contributed by atoms with E-state index in [1.807, 2.05) is 0 Å². The molecule has 0 aromatic carbocycles. The van der Waals surface area contributed by atoms with Gasteiger partial charge in [0.2, 0.25) is 21.8 Å². The summed E-state index contributed by atoms with van der Waals surface area (Å²) in [5.41, 5.74) is 0. The van der Waals surface area contributed by atoms with Crippen molar-refractivity contribution in [3.05, 3.63) is 0 Å². The van der Waals surface area contributed by atoms with Crippen LogP contribution in [0, 0.1) is 5.92 Å². The van der Waals surface area contributed by atoms with Crippen molar-refractivity contribution in [2.24, 2.45) is 5.92 Å². The quantitative estimate of drug-likeness (QED) is 0.641. The van der Waals surface area contributed by atoms with Gasteiger partial charge >= 0.3 is 0 Å². The maximum absolute atomic E-state index is 12.4. The monoisotopic (exact) mass is 363 g/mol. The first kappa shape index (κ1) is 19.1. The van der Waals surface area contributed by atoms with Crippen molar-refractivity contribution in [1.29, 1.82) is 0 Å². The van der Waals surface area contributed by atoms with Crippen molar-refractivity contribution >= 4 is 21.8 Å². The Hall–Kier alpha value is -1.22. The van der Waals surface area contributed by atoms with Crippen LogP contribution < -0.4 is 10.0 Å². The second-order valence-electron chi connectivity index (χ2n) is 6.49. The third-order valence-corrected chi connectivity index (χ3v) is 6.46. The van der Waals surface area contributed by atoms with E-state index in [0.717, 1.165) is 19.3 Å². The molecule has 0 bridgehead atoms. The molecule has 1 aliphatic carbocycles. The number of sulfonamides is 1. The fourth-order valence-corrected chi connectivity index (χ4v) is 4.47. The Labute approximate surface area is 142 Å². The third-order valence-electron chi connectivity index (χ3n) is 4.69. The number of likely N-dealkylation sites (tertiary alicyclic amines) is 1. The van der Waals surface area contributed by atoms with Gasteiger partial charge < -0.3 is 5.32 Å². The maximum atomic E-state index is 12.4. The lowest BCUT2D eigenvalue weighted by molar-refractivity contribution is -0.127. The van der Waals surface area contributed by atoms with Crippen LogP contribution in [0.3, 0.4) is 0 Å². The first-order valence-corrected chi connectivity index (χ1v) is 10.1. The van der Waals surface area contributed by atoms with Crippen LogP contribution in [0.2, 0.25) is 0 Å². The highest BCUT2D eigenvalue weighted by Crippen LogP contribution is 2.26. The summed E-state index contributed by atoms with van der Waals surface area (Å²) in [7, 11) is -3.77. The minimum atomic E-state index is -3.77. The lowest BCUT2D eigenvalue weighted by Gasteiger charge is -2.31. The third kappa shape index (κ3) is 5.41. The lowest BCUT2D eigenvalue weighted by atomic mass is 9.85. The Morgan fingerprint density at radius 3 is 2.54 bits per heavy atom. The molecule has 1 unspecified atom stereocenters. The molecular weight excluding hydrogens is 337 g/mol. The van der Waals surface area contributed by atoms with Gasteiger partial charge in [0.25, 0.3) is 0 Å². The van der Waals surface area contributed by atoms with Crippen molar-refractivity contribution in [3.63, 3.8) is 0 Å². The van der Waals surface area contributed by atoms with Gasteiger partial charge in [0.05, 0.1) is 5.25 Å². The SMILES string of the molecule is O=C(CCNC(=O)C1CCC1)NS(=O)(=O)C1CCCN(CCF)C1. The van der Waals surface area contributed by atoms with Crippen LogP contribution in [0.1, 0.15) is 38.5 Å². The average molecular weight is 363 g/mol. The van der Waals surface area contributed by atoms with Crippen molar-refractivity contribution in [3.8, 4) is 0 Å². The predicted octanol–water partition coefficient (Wildman–Crippen LogP) is 0.173. The van der Waals surface area contributed by atoms with Crippen molar-refractivity contribution in [2.45, 2.75) is 43.8 Å². The van der Waals surface area contributed by atoms with Gasteiger partial charge in [0.1, 0.15) is 6.67 Å². The molecule has 0 spiro atoms. The summed E-state index contributed by atoms with van der Waals surface area (Å²) in [5, 5.41) is 1.96. The smallest absolute Gasteiger partial charge is 0.239 e. The van der Waals surface area contributed by atoms with E-state index in [2.05, 4.69) is 10.0 Å². The van der Waals surface area contributed by atoms with E-state index in [1.54, 1.807) is 4.90 Å². The Morgan fingerprint density at radius 1 is 1.17 bits per heavy atom. The number of rotatable bonds is 8. The van der Waals surface area contributed by atoms with Crippen LogP contribution in [0.5, 0.6) is 0 Å². The Kier molecular flexibility index (Phi) is 6.97. The fourth-order valence-electron chi connectivity index (χ4n) is 3.00. The number of alkyl halides is 1. The molecule has 1 saturated heterocycles. The van der Waals surface area contributed by atoms with E-state index in [1.165, 1.54) is 0 Å². The molecule has 9 heteroatoms. The predicted molar refractivity (Wildman–Crippen MR) is 87.5 cm³/mol. The minimum Gasteiger partial charge on any atom is -0.355 e. The van der Waals surface area contributed by atoms with Gasteiger partial charge in [-0.2, -0.15) is 0 Å². The van der Waals surface area contributed by atoms with Crippen molar-refractivity contribution in [2.75, 3.05) is 32.9 Å². The summed E-state index contributed by atoms with van der Waals surface area (Å²) in [5.74, 6) is -0.641. The van der Waals surface area contributed by atoms with E-state index < -0.39 is 27.9 Å². The number of carbonyl (C=O) groups excluding carboxylic acids is 2. The van der Waals surface area contributed by atoms with Crippen LogP contribution in [0.15, 0.2) is 0 Å². The number of piperidine rings is 1. The number of hydrogen-bond acceptors (Lipinski definition) is 5. The first-order chi connectivity index (χ1) is 11.4. The average Bonchev–Trinajstić information content (AvgIpc) is 2.45. The molecule has 0 aromatic rings. The molecule has 24 heavy (non-hydrogen) atoms. The molecule has 2 aliphatic rings. The fraction of sp³-hybridized carbons (Fsp3) is 0.867. The highest BCUT2D eigenvalue weighted by molar-refractivity contribution is 7.90. The molecular formula is C15H26FN3O4S. The van der Waals surface area contributed by atoms with Crippen LogP contribution in [0.4, 0.5) is 4.39 Å². The van der Waals surface area contributed by atoms with Crippen LogP contribution in [0.25, 0.3) is 0 Å². The molecule has 0 radical (unpaired) electrons.